The second-order valence-corrected chi connectivity index (χ2v) is 9.56. The molecule has 0 aliphatic heterocycles. The van der Waals surface area contributed by atoms with Crippen LogP contribution in [0.5, 0.6) is 0 Å². The van der Waals surface area contributed by atoms with Gasteiger partial charge in [-0.25, -0.2) is 0 Å². The lowest BCUT2D eigenvalue weighted by Gasteiger charge is -2.21. The van der Waals surface area contributed by atoms with Gasteiger partial charge in [0.15, 0.2) is 11.5 Å². The normalized spacial score (nSPS) is 17.3. The number of aryl methyl sites for hydroxylation is 2. The number of anilines is 1. The minimum Gasteiger partial charge on any atom is -0.350 e. The molecule has 180 valence electrons. The molecule has 2 N–H and O–H groups in total. The van der Waals surface area contributed by atoms with Gasteiger partial charge in [0, 0.05) is 26.1 Å². The van der Waals surface area contributed by atoms with Crippen LogP contribution in [0.4, 0.5) is 5.82 Å². The minimum absolute atomic E-state index is 0.0266. The van der Waals surface area contributed by atoms with Gasteiger partial charge in [-0.15, -0.1) is 10.2 Å². The van der Waals surface area contributed by atoms with Crippen molar-refractivity contribution in [1.82, 2.24) is 35.3 Å². The van der Waals surface area contributed by atoms with Gasteiger partial charge in [-0.2, -0.15) is 0 Å². The van der Waals surface area contributed by atoms with E-state index in [4.69, 9.17) is 0 Å². The van der Waals surface area contributed by atoms with Crippen LogP contribution >= 0.6 is 0 Å². The second-order valence-electron chi connectivity index (χ2n) is 9.56. The largest absolute Gasteiger partial charge is 0.350 e. The van der Waals surface area contributed by atoms with Crippen LogP contribution in [0.1, 0.15) is 87.5 Å². The fourth-order valence-electron chi connectivity index (χ4n) is 4.91. The predicted molar refractivity (Wildman–Crippen MR) is 123 cm³/mol. The Labute approximate surface area is 194 Å². The Morgan fingerprint density at radius 1 is 0.848 bits per heavy atom. The first-order valence-corrected chi connectivity index (χ1v) is 12.5. The Balaban J connectivity index is 1.12. The first-order chi connectivity index (χ1) is 16.2. The van der Waals surface area contributed by atoms with Crippen molar-refractivity contribution in [2.45, 2.75) is 90.1 Å². The number of rotatable bonds is 11. The number of amides is 2. The maximum Gasteiger partial charge on any atom is 0.273 e. The lowest BCUT2D eigenvalue weighted by molar-refractivity contribution is -0.117. The number of nitrogens with one attached hydrogen (secondary N) is 2. The first-order valence-electron chi connectivity index (χ1n) is 12.5. The lowest BCUT2D eigenvalue weighted by atomic mass is 9.89. The highest BCUT2D eigenvalue weighted by atomic mass is 16.2. The molecule has 0 radical (unpaired) electrons. The Morgan fingerprint density at radius 2 is 1.48 bits per heavy atom. The van der Waals surface area contributed by atoms with Crippen molar-refractivity contribution in [2.24, 2.45) is 11.8 Å². The predicted octanol–water partition coefficient (Wildman–Crippen LogP) is 3.18. The van der Waals surface area contributed by atoms with E-state index in [1.165, 1.54) is 44.9 Å². The van der Waals surface area contributed by atoms with Gasteiger partial charge >= 0.3 is 0 Å². The van der Waals surface area contributed by atoms with Gasteiger partial charge < -0.3 is 10.6 Å². The van der Waals surface area contributed by atoms with Gasteiger partial charge in [0.2, 0.25) is 5.91 Å². The fraction of sp³-hybridized carbons (Fsp3) is 0.739. The maximum absolute atomic E-state index is 12.3. The maximum atomic E-state index is 12.3. The molecule has 0 bridgehead atoms. The summed E-state index contributed by atoms with van der Waals surface area (Å²) < 4.78 is 3.46. The van der Waals surface area contributed by atoms with Crippen LogP contribution in [-0.2, 0) is 17.9 Å². The van der Waals surface area contributed by atoms with E-state index < -0.39 is 0 Å². The second kappa shape index (κ2) is 11.9. The summed E-state index contributed by atoms with van der Waals surface area (Å²) in [5.41, 5.74) is 0.375. The van der Waals surface area contributed by atoms with Crippen molar-refractivity contribution in [1.29, 1.82) is 0 Å². The van der Waals surface area contributed by atoms with Crippen molar-refractivity contribution >= 4 is 17.6 Å². The Hall–Kier alpha value is -2.78. The number of carbonyl (C=O) groups excluding carboxylic acids is 2. The molecule has 33 heavy (non-hydrogen) atoms. The van der Waals surface area contributed by atoms with Gasteiger partial charge in [-0.05, 0) is 50.4 Å². The monoisotopic (exact) mass is 456 g/mol. The average molecular weight is 457 g/mol. The van der Waals surface area contributed by atoms with E-state index in [0.29, 0.717) is 42.9 Å². The summed E-state index contributed by atoms with van der Waals surface area (Å²) >= 11 is 0. The molecular weight excluding hydrogens is 420 g/mol. The molecule has 0 spiro atoms. The van der Waals surface area contributed by atoms with E-state index >= 15 is 0 Å². The summed E-state index contributed by atoms with van der Waals surface area (Å²) in [6, 6.07) is 0. The molecule has 0 unspecified atom stereocenters. The van der Waals surface area contributed by atoms with Crippen molar-refractivity contribution < 1.29 is 9.59 Å². The molecule has 2 aliphatic carbocycles. The van der Waals surface area contributed by atoms with Crippen molar-refractivity contribution in [3.05, 3.63) is 18.1 Å². The van der Waals surface area contributed by atoms with E-state index in [1.54, 1.807) is 21.8 Å². The molecule has 10 heteroatoms. The molecule has 2 aromatic heterocycles. The van der Waals surface area contributed by atoms with Crippen LogP contribution in [-0.4, -0.2) is 48.3 Å². The highest BCUT2D eigenvalue weighted by molar-refractivity contribution is 5.91. The number of aromatic nitrogens is 6. The molecule has 0 saturated heterocycles. The van der Waals surface area contributed by atoms with Crippen LogP contribution in [0.25, 0.3) is 0 Å². The lowest BCUT2D eigenvalue weighted by Crippen LogP contribution is -2.30. The highest BCUT2D eigenvalue weighted by Gasteiger charge is 2.19. The third-order valence-corrected chi connectivity index (χ3v) is 6.83. The zero-order valence-electron chi connectivity index (χ0n) is 19.4. The molecule has 2 aliphatic rings. The Kier molecular flexibility index (Phi) is 8.43. The van der Waals surface area contributed by atoms with Crippen molar-refractivity contribution in [2.75, 3.05) is 11.9 Å². The number of unbranched alkanes of at least 4 members (excludes halogenated alkanes) is 1. The SMILES string of the molecule is O=C(CC1CCCC1)Nc1cn(CCCCn2cc(C(=O)NCC3CCCCC3)nn2)nn1. The summed E-state index contributed by atoms with van der Waals surface area (Å²) in [4.78, 5) is 24.4. The minimum atomic E-state index is -0.142. The van der Waals surface area contributed by atoms with Crippen LogP contribution in [0, 0.1) is 11.8 Å². The smallest absolute Gasteiger partial charge is 0.273 e. The average Bonchev–Trinajstić information content (AvgIpc) is 3.59. The van der Waals surface area contributed by atoms with Crippen LogP contribution in [0.3, 0.4) is 0 Å². The third kappa shape index (κ3) is 7.36. The quantitative estimate of drug-likeness (QED) is 0.501. The molecular formula is C23H36N8O2. The van der Waals surface area contributed by atoms with Gasteiger partial charge in [0.25, 0.3) is 5.91 Å². The number of hydrogen-bond acceptors (Lipinski definition) is 6. The van der Waals surface area contributed by atoms with Crippen LogP contribution < -0.4 is 10.6 Å². The molecule has 2 saturated carbocycles. The summed E-state index contributed by atoms with van der Waals surface area (Å²) in [5.74, 6) is 1.50. The third-order valence-electron chi connectivity index (χ3n) is 6.83. The van der Waals surface area contributed by atoms with E-state index in [-0.39, 0.29) is 11.8 Å². The van der Waals surface area contributed by atoms with Gasteiger partial charge in [-0.1, -0.05) is 42.5 Å². The van der Waals surface area contributed by atoms with Crippen molar-refractivity contribution in [3.8, 4) is 0 Å². The standard InChI is InChI=1S/C23H36N8O2/c32-22(14-18-8-4-5-9-18)25-21-17-31(29-27-21)13-7-6-12-30-16-20(26-28-30)23(33)24-15-19-10-2-1-3-11-19/h16-19H,1-15H2,(H,24,33)(H,25,32). The summed E-state index contributed by atoms with van der Waals surface area (Å²) in [7, 11) is 0. The molecule has 4 rings (SSSR count). The van der Waals surface area contributed by atoms with E-state index in [1.807, 2.05) is 0 Å². The summed E-state index contributed by atoms with van der Waals surface area (Å²) in [6.07, 6.45) is 16.8. The van der Waals surface area contributed by atoms with Gasteiger partial charge in [0.05, 0.1) is 12.4 Å². The molecule has 2 aromatic rings. The number of hydrogen-bond donors (Lipinski definition) is 2. The molecule has 2 amide bonds. The van der Waals surface area contributed by atoms with Crippen LogP contribution in [0.15, 0.2) is 12.4 Å². The fourth-order valence-corrected chi connectivity index (χ4v) is 4.91. The molecule has 10 nitrogen and oxygen atoms in total. The van der Waals surface area contributed by atoms with E-state index in [9.17, 15) is 9.59 Å². The zero-order chi connectivity index (χ0) is 22.9. The zero-order valence-corrected chi connectivity index (χ0v) is 19.4. The van der Waals surface area contributed by atoms with E-state index in [0.717, 1.165) is 32.2 Å². The van der Waals surface area contributed by atoms with Crippen molar-refractivity contribution in [3.63, 3.8) is 0 Å². The highest BCUT2D eigenvalue weighted by Crippen LogP contribution is 2.27. The van der Waals surface area contributed by atoms with Gasteiger partial charge in [-0.3, -0.25) is 19.0 Å². The first kappa shape index (κ1) is 23.4. The molecule has 2 heterocycles. The molecule has 2 fully saturated rings. The number of nitrogens with zero attached hydrogens (tertiary/aromatic N) is 6. The Morgan fingerprint density at radius 3 is 2.24 bits per heavy atom. The molecule has 0 atom stereocenters. The topological polar surface area (TPSA) is 120 Å². The summed E-state index contributed by atoms with van der Waals surface area (Å²) in [6.45, 7) is 2.12. The van der Waals surface area contributed by atoms with Gasteiger partial charge in [0.1, 0.15) is 0 Å². The van der Waals surface area contributed by atoms with Crippen LogP contribution in [0.2, 0.25) is 0 Å². The summed E-state index contributed by atoms with van der Waals surface area (Å²) in [5, 5.41) is 22.1. The molecule has 0 aromatic carbocycles. The van der Waals surface area contributed by atoms with E-state index in [2.05, 4.69) is 31.3 Å². The Bertz CT molecular complexity index is 896. The number of carbonyl (C=O) groups is 2.